The molecule has 3 fully saturated rings. The number of anilines is 2. The molecule has 2 amide bonds. The quantitative estimate of drug-likeness (QED) is 0.535. The number of carbonyl (C=O) groups excluding carboxylic acids is 3. The summed E-state index contributed by atoms with van der Waals surface area (Å²) in [6.07, 6.45) is -0.350. The number of nitrogens with zero attached hydrogens (tertiary/aromatic N) is 2. The van der Waals surface area contributed by atoms with Gasteiger partial charge in [0, 0.05) is 20.0 Å². The van der Waals surface area contributed by atoms with Crippen LogP contribution >= 0.6 is 0 Å². The highest BCUT2D eigenvalue weighted by molar-refractivity contribution is 5.90. The first-order valence-electron chi connectivity index (χ1n) is 10.4. The molecule has 1 N–H and O–H groups in total. The average Bonchev–Trinajstić information content (AvgIpc) is 3.30. The van der Waals surface area contributed by atoms with E-state index in [1.807, 2.05) is 4.90 Å². The zero-order valence-electron chi connectivity index (χ0n) is 17.6. The van der Waals surface area contributed by atoms with E-state index >= 15 is 0 Å². The SMILES string of the molecule is CCOC(=O)C1OC12CCN(c1ccc(N3C[C@H](CNC(C)=O)OC3=O)cc1F)CC2. The van der Waals surface area contributed by atoms with Crippen molar-refractivity contribution in [3.05, 3.63) is 24.0 Å². The van der Waals surface area contributed by atoms with E-state index in [-0.39, 0.29) is 25.0 Å². The van der Waals surface area contributed by atoms with Gasteiger partial charge in [0.05, 0.1) is 31.1 Å². The highest BCUT2D eigenvalue weighted by atomic mass is 19.1. The molecule has 1 aromatic carbocycles. The van der Waals surface area contributed by atoms with Gasteiger partial charge in [-0.1, -0.05) is 0 Å². The Morgan fingerprint density at radius 1 is 1.32 bits per heavy atom. The van der Waals surface area contributed by atoms with Crippen LogP contribution in [-0.2, 0) is 23.8 Å². The van der Waals surface area contributed by atoms with Crippen LogP contribution < -0.4 is 15.1 Å². The topological polar surface area (TPSA) is 101 Å². The fourth-order valence-electron chi connectivity index (χ4n) is 4.20. The van der Waals surface area contributed by atoms with Crippen LogP contribution in [-0.4, -0.2) is 68.6 Å². The zero-order valence-corrected chi connectivity index (χ0v) is 17.6. The molecule has 3 aliphatic heterocycles. The molecule has 168 valence electrons. The van der Waals surface area contributed by atoms with Crippen LogP contribution in [0.5, 0.6) is 0 Å². The van der Waals surface area contributed by atoms with E-state index in [9.17, 15) is 18.8 Å². The fraction of sp³-hybridized carbons (Fsp3) is 0.571. The average molecular weight is 435 g/mol. The van der Waals surface area contributed by atoms with Gasteiger partial charge >= 0.3 is 12.1 Å². The van der Waals surface area contributed by atoms with Gasteiger partial charge in [0.1, 0.15) is 17.5 Å². The predicted octanol–water partition coefficient (Wildman–Crippen LogP) is 1.59. The molecule has 3 saturated heterocycles. The summed E-state index contributed by atoms with van der Waals surface area (Å²) in [5, 5.41) is 2.61. The first-order chi connectivity index (χ1) is 14.8. The number of rotatable bonds is 6. The first kappa shape index (κ1) is 21.4. The number of amides is 2. The number of epoxide rings is 1. The van der Waals surface area contributed by atoms with Crippen LogP contribution in [0.25, 0.3) is 0 Å². The molecule has 0 bridgehead atoms. The maximum atomic E-state index is 14.9. The molecule has 0 radical (unpaired) electrons. The van der Waals surface area contributed by atoms with Gasteiger partial charge in [0.15, 0.2) is 6.10 Å². The van der Waals surface area contributed by atoms with E-state index in [0.29, 0.717) is 43.9 Å². The van der Waals surface area contributed by atoms with E-state index in [4.69, 9.17) is 14.2 Å². The van der Waals surface area contributed by atoms with E-state index < -0.39 is 29.7 Å². The Hall–Kier alpha value is -2.88. The van der Waals surface area contributed by atoms with Crippen LogP contribution in [0, 0.1) is 5.82 Å². The lowest BCUT2D eigenvalue weighted by Gasteiger charge is -2.32. The summed E-state index contributed by atoms with van der Waals surface area (Å²) in [5.74, 6) is -0.982. The number of carbonyl (C=O) groups is 3. The van der Waals surface area contributed by atoms with Crippen LogP contribution in [0.1, 0.15) is 26.7 Å². The summed E-state index contributed by atoms with van der Waals surface area (Å²) >= 11 is 0. The monoisotopic (exact) mass is 435 g/mol. The smallest absolute Gasteiger partial charge is 0.414 e. The molecule has 1 unspecified atom stereocenters. The molecular formula is C21H26FN3O6. The largest absolute Gasteiger partial charge is 0.464 e. The van der Waals surface area contributed by atoms with E-state index in [1.54, 1.807) is 19.1 Å². The fourth-order valence-corrected chi connectivity index (χ4v) is 4.20. The van der Waals surface area contributed by atoms with Crippen LogP contribution in [0.15, 0.2) is 18.2 Å². The molecule has 3 aliphatic rings. The minimum atomic E-state index is -0.571. The van der Waals surface area contributed by atoms with E-state index in [2.05, 4.69) is 5.32 Å². The molecule has 1 aromatic rings. The molecule has 10 heteroatoms. The summed E-state index contributed by atoms with van der Waals surface area (Å²) < 4.78 is 30.8. The third-order valence-corrected chi connectivity index (χ3v) is 5.92. The summed E-state index contributed by atoms with van der Waals surface area (Å²) in [4.78, 5) is 38.3. The van der Waals surface area contributed by atoms with E-state index in [1.165, 1.54) is 17.9 Å². The molecule has 0 saturated carbocycles. The number of piperidine rings is 1. The third kappa shape index (κ3) is 4.30. The second-order valence-corrected chi connectivity index (χ2v) is 7.99. The van der Waals surface area contributed by atoms with Crippen molar-refractivity contribution in [3.63, 3.8) is 0 Å². The van der Waals surface area contributed by atoms with Gasteiger partial charge < -0.3 is 24.4 Å². The third-order valence-electron chi connectivity index (χ3n) is 5.92. The van der Waals surface area contributed by atoms with Crippen LogP contribution in [0.3, 0.4) is 0 Å². The van der Waals surface area contributed by atoms with E-state index in [0.717, 1.165) is 0 Å². The number of hydrogen-bond acceptors (Lipinski definition) is 7. The number of halogens is 1. The molecule has 31 heavy (non-hydrogen) atoms. The van der Waals surface area contributed by atoms with Crippen LogP contribution in [0.2, 0.25) is 0 Å². The van der Waals surface area contributed by atoms with Crippen molar-refractivity contribution in [2.45, 2.75) is 44.5 Å². The Morgan fingerprint density at radius 2 is 2.06 bits per heavy atom. The highest BCUT2D eigenvalue weighted by Gasteiger charge is 2.62. The summed E-state index contributed by atoms with van der Waals surface area (Å²) in [5.41, 5.74) is 0.355. The molecule has 9 nitrogen and oxygen atoms in total. The lowest BCUT2D eigenvalue weighted by Crippen LogP contribution is -2.40. The van der Waals surface area contributed by atoms with Crippen molar-refractivity contribution in [2.24, 2.45) is 0 Å². The van der Waals surface area contributed by atoms with Crippen molar-refractivity contribution < 1.29 is 33.0 Å². The number of cyclic esters (lactones) is 1. The van der Waals surface area contributed by atoms with Crippen molar-refractivity contribution in [1.29, 1.82) is 0 Å². The van der Waals surface area contributed by atoms with Gasteiger partial charge in [-0.3, -0.25) is 9.69 Å². The minimum absolute atomic E-state index is 0.210. The molecule has 3 heterocycles. The Bertz CT molecular complexity index is 886. The summed E-state index contributed by atoms with van der Waals surface area (Å²) in [6, 6.07) is 4.64. The number of ether oxygens (including phenoxy) is 3. The zero-order chi connectivity index (χ0) is 22.2. The molecule has 2 atom stereocenters. The highest BCUT2D eigenvalue weighted by Crippen LogP contribution is 2.46. The van der Waals surface area contributed by atoms with Gasteiger partial charge in [-0.15, -0.1) is 0 Å². The molecule has 0 aromatic heterocycles. The Kier molecular flexibility index (Phi) is 5.74. The standard InChI is InChI=1S/C21H26FN3O6/c1-3-29-19(27)18-21(31-18)6-8-24(9-7-21)17-5-4-14(10-16(17)22)25-12-15(30-20(25)28)11-23-13(2)26/h4-5,10,15,18H,3,6-9,11-12H2,1-2H3,(H,23,26)/t15-,18?/m0/s1. The number of nitrogens with one attached hydrogen (secondary N) is 1. The Labute approximate surface area is 179 Å². The van der Waals surface area contributed by atoms with Crippen molar-refractivity contribution in [2.75, 3.05) is 42.6 Å². The van der Waals surface area contributed by atoms with Gasteiger partial charge in [0.25, 0.3) is 0 Å². The summed E-state index contributed by atoms with van der Waals surface area (Å²) in [6.45, 7) is 5.01. The van der Waals surface area contributed by atoms with Gasteiger partial charge in [-0.2, -0.15) is 0 Å². The molecule has 0 aliphatic carbocycles. The molecule has 1 spiro atoms. The maximum absolute atomic E-state index is 14.9. The Morgan fingerprint density at radius 3 is 2.71 bits per heavy atom. The first-order valence-corrected chi connectivity index (χ1v) is 10.4. The van der Waals surface area contributed by atoms with Crippen molar-refractivity contribution in [1.82, 2.24) is 5.32 Å². The lowest BCUT2D eigenvalue weighted by molar-refractivity contribution is -0.144. The van der Waals surface area contributed by atoms with Gasteiger partial charge in [-0.05, 0) is 38.0 Å². The second kappa shape index (κ2) is 8.33. The molecular weight excluding hydrogens is 409 g/mol. The van der Waals surface area contributed by atoms with Gasteiger partial charge in [-0.25, -0.2) is 14.0 Å². The summed E-state index contributed by atoms with van der Waals surface area (Å²) in [7, 11) is 0. The minimum Gasteiger partial charge on any atom is -0.464 e. The lowest BCUT2D eigenvalue weighted by atomic mass is 9.92. The number of benzene rings is 1. The predicted molar refractivity (Wildman–Crippen MR) is 108 cm³/mol. The van der Waals surface area contributed by atoms with Gasteiger partial charge in [0.2, 0.25) is 5.91 Å². The number of hydrogen-bond donors (Lipinski definition) is 1. The molecule has 4 rings (SSSR count). The van der Waals surface area contributed by atoms with Crippen molar-refractivity contribution in [3.8, 4) is 0 Å². The van der Waals surface area contributed by atoms with Crippen molar-refractivity contribution >= 4 is 29.3 Å². The normalized spacial score (nSPS) is 24.2. The second-order valence-electron chi connectivity index (χ2n) is 7.99. The number of esters is 1. The van der Waals surface area contributed by atoms with Crippen LogP contribution in [0.4, 0.5) is 20.6 Å². The Balaban J connectivity index is 1.36. The maximum Gasteiger partial charge on any atom is 0.414 e.